The monoisotopic (exact) mass is 264 g/mol. The quantitative estimate of drug-likeness (QED) is 0.902. The Morgan fingerprint density at radius 3 is 3.06 bits per heavy atom. The second kappa shape index (κ2) is 5.32. The standard InChI is InChI=1S/C15H24N2S/c1-11(2)17-8-6-12(10-17)16-14-4-3-5-15-13(14)7-9-18-15/h7,9,11-12,14,16H,3-6,8,10H2,1-2H3. The van der Waals surface area contributed by atoms with Crippen molar-refractivity contribution in [3.63, 3.8) is 0 Å². The molecule has 1 aromatic heterocycles. The smallest absolute Gasteiger partial charge is 0.0334 e. The molecule has 0 spiro atoms. The number of fused-ring (bicyclic) bond motifs is 1. The molecule has 0 bridgehead atoms. The lowest BCUT2D eigenvalue weighted by atomic mass is 9.93. The summed E-state index contributed by atoms with van der Waals surface area (Å²) < 4.78 is 0. The van der Waals surface area contributed by atoms with Gasteiger partial charge in [-0.25, -0.2) is 0 Å². The van der Waals surface area contributed by atoms with E-state index in [9.17, 15) is 0 Å². The van der Waals surface area contributed by atoms with Crippen LogP contribution in [0.3, 0.4) is 0 Å². The number of aryl methyl sites for hydroxylation is 1. The van der Waals surface area contributed by atoms with Crippen LogP contribution >= 0.6 is 11.3 Å². The first-order chi connectivity index (χ1) is 8.74. The zero-order chi connectivity index (χ0) is 12.5. The molecule has 18 heavy (non-hydrogen) atoms. The summed E-state index contributed by atoms with van der Waals surface area (Å²) in [6, 6.07) is 4.35. The van der Waals surface area contributed by atoms with E-state index in [0.717, 1.165) is 0 Å². The van der Waals surface area contributed by atoms with Crippen molar-refractivity contribution in [3.05, 3.63) is 21.9 Å². The van der Waals surface area contributed by atoms with E-state index < -0.39 is 0 Å². The van der Waals surface area contributed by atoms with Gasteiger partial charge in [0.15, 0.2) is 0 Å². The fourth-order valence-corrected chi connectivity index (χ4v) is 4.32. The van der Waals surface area contributed by atoms with Crippen LogP contribution in [0.25, 0.3) is 0 Å². The molecule has 1 fully saturated rings. The molecule has 2 unspecified atom stereocenters. The van der Waals surface area contributed by atoms with Gasteiger partial charge in [0.2, 0.25) is 0 Å². The van der Waals surface area contributed by atoms with Crippen molar-refractivity contribution in [2.45, 2.75) is 57.7 Å². The molecule has 0 saturated carbocycles. The average Bonchev–Trinajstić information content (AvgIpc) is 2.97. The molecule has 0 amide bonds. The van der Waals surface area contributed by atoms with Crippen LogP contribution in [0.4, 0.5) is 0 Å². The van der Waals surface area contributed by atoms with E-state index in [2.05, 4.69) is 35.5 Å². The highest BCUT2D eigenvalue weighted by Crippen LogP contribution is 2.34. The topological polar surface area (TPSA) is 15.3 Å². The zero-order valence-electron chi connectivity index (χ0n) is 11.5. The van der Waals surface area contributed by atoms with E-state index in [1.54, 1.807) is 10.4 Å². The van der Waals surface area contributed by atoms with E-state index in [0.29, 0.717) is 18.1 Å². The third-order valence-electron chi connectivity index (χ3n) is 4.44. The Morgan fingerprint density at radius 2 is 2.28 bits per heavy atom. The first-order valence-corrected chi connectivity index (χ1v) is 8.18. The van der Waals surface area contributed by atoms with Crippen LogP contribution in [0.5, 0.6) is 0 Å². The van der Waals surface area contributed by atoms with Crippen molar-refractivity contribution in [1.29, 1.82) is 0 Å². The van der Waals surface area contributed by atoms with Gasteiger partial charge in [-0.1, -0.05) is 0 Å². The minimum Gasteiger partial charge on any atom is -0.306 e. The highest BCUT2D eigenvalue weighted by Gasteiger charge is 2.28. The van der Waals surface area contributed by atoms with Gasteiger partial charge in [-0.15, -0.1) is 11.3 Å². The predicted octanol–water partition coefficient (Wildman–Crippen LogP) is 3.20. The van der Waals surface area contributed by atoms with Crippen molar-refractivity contribution in [3.8, 4) is 0 Å². The fraction of sp³-hybridized carbons (Fsp3) is 0.733. The van der Waals surface area contributed by atoms with Gasteiger partial charge in [0.1, 0.15) is 0 Å². The number of thiophene rings is 1. The van der Waals surface area contributed by atoms with Crippen LogP contribution in [0, 0.1) is 0 Å². The van der Waals surface area contributed by atoms with Gasteiger partial charge in [0.05, 0.1) is 0 Å². The van der Waals surface area contributed by atoms with Crippen LogP contribution in [0.1, 0.15) is 49.6 Å². The number of hydrogen-bond donors (Lipinski definition) is 1. The van der Waals surface area contributed by atoms with Gasteiger partial charge >= 0.3 is 0 Å². The summed E-state index contributed by atoms with van der Waals surface area (Å²) in [5.74, 6) is 0. The third kappa shape index (κ3) is 2.49. The minimum absolute atomic E-state index is 0.622. The molecule has 2 atom stereocenters. The van der Waals surface area contributed by atoms with Gasteiger partial charge < -0.3 is 5.32 Å². The summed E-state index contributed by atoms with van der Waals surface area (Å²) >= 11 is 1.94. The Labute approximate surface area is 114 Å². The molecule has 1 N–H and O–H groups in total. The number of likely N-dealkylation sites (tertiary alicyclic amines) is 1. The number of nitrogens with zero attached hydrogens (tertiary/aromatic N) is 1. The molecule has 3 rings (SSSR count). The first kappa shape index (κ1) is 12.6. The molecule has 100 valence electrons. The van der Waals surface area contributed by atoms with Gasteiger partial charge in [0, 0.05) is 29.5 Å². The second-order valence-corrected chi connectivity index (χ2v) is 6.99. The molecule has 2 aliphatic rings. The maximum atomic E-state index is 3.91. The molecule has 1 aromatic rings. The minimum atomic E-state index is 0.622. The van der Waals surface area contributed by atoms with Crippen LogP contribution < -0.4 is 5.32 Å². The average molecular weight is 264 g/mol. The Bertz CT molecular complexity index is 399. The zero-order valence-corrected chi connectivity index (χ0v) is 12.3. The summed E-state index contributed by atoms with van der Waals surface area (Å²) in [7, 11) is 0. The summed E-state index contributed by atoms with van der Waals surface area (Å²) in [6.45, 7) is 7.10. The number of hydrogen-bond acceptors (Lipinski definition) is 3. The highest BCUT2D eigenvalue weighted by molar-refractivity contribution is 7.10. The molecule has 1 aliphatic carbocycles. The number of nitrogens with one attached hydrogen (secondary N) is 1. The van der Waals surface area contributed by atoms with Crippen molar-refractivity contribution in [1.82, 2.24) is 10.2 Å². The maximum absolute atomic E-state index is 3.91. The van der Waals surface area contributed by atoms with Crippen LogP contribution in [-0.4, -0.2) is 30.1 Å². The maximum Gasteiger partial charge on any atom is 0.0334 e. The van der Waals surface area contributed by atoms with Gasteiger partial charge in [-0.2, -0.15) is 0 Å². The Hall–Kier alpha value is -0.380. The third-order valence-corrected chi connectivity index (χ3v) is 5.44. The Balaban J connectivity index is 1.62. The fourth-order valence-electron chi connectivity index (χ4n) is 3.34. The lowest BCUT2D eigenvalue weighted by Crippen LogP contribution is -2.38. The molecule has 0 aromatic carbocycles. The molecule has 0 radical (unpaired) electrons. The normalized spacial score (nSPS) is 28.8. The lowest BCUT2D eigenvalue weighted by Gasteiger charge is -2.27. The van der Waals surface area contributed by atoms with Crippen molar-refractivity contribution >= 4 is 11.3 Å². The largest absolute Gasteiger partial charge is 0.306 e. The van der Waals surface area contributed by atoms with Crippen LogP contribution in [-0.2, 0) is 6.42 Å². The van der Waals surface area contributed by atoms with Gasteiger partial charge in [-0.3, -0.25) is 4.90 Å². The molecular weight excluding hydrogens is 240 g/mol. The highest BCUT2D eigenvalue weighted by atomic mass is 32.1. The Kier molecular flexibility index (Phi) is 3.73. The molecule has 1 saturated heterocycles. The molecule has 2 nitrogen and oxygen atoms in total. The van der Waals surface area contributed by atoms with E-state index in [4.69, 9.17) is 0 Å². The predicted molar refractivity (Wildman–Crippen MR) is 78.2 cm³/mol. The Morgan fingerprint density at radius 1 is 1.39 bits per heavy atom. The molecule has 2 heterocycles. The van der Waals surface area contributed by atoms with Gasteiger partial charge in [-0.05, 0) is 63.1 Å². The lowest BCUT2D eigenvalue weighted by molar-refractivity contribution is 0.264. The van der Waals surface area contributed by atoms with E-state index in [-0.39, 0.29) is 0 Å². The first-order valence-electron chi connectivity index (χ1n) is 7.30. The van der Waals surface area contributed by atoms with E-state index in [1.165, 1.54) is 38.8 Å². The van der Waals surface area contributed by atoms with E-state index in [1.807, 2.05) is 11.3 Å². The van der Waals surface area contributed by atoms with Crippen molar-refractivity contribution in [2.75, 3.05) is 13.1 Å². The molecule has 1 aliphatic heterocycles. The van der Waals surface area contributed by atoms with Crippen LogP contribution in [0.2, 0.25) is 0 Å². The van der Waals surface area contributed by atoms with Crippen LogP contribution in [0.15, 0.2) is 11.4 Å². The summed E-state index contributed by atoms with van der Waals surface area (Å²) in [6.07, 6.45) is 5.29. The second-order valence-electron chi connectivity index (χ2n) is 5.98. The summed E-state index contributed by atoms with van der Waals surface area (Å²) in [5.41, 5.74) is 1.59. The van der Waals surface area contributed by atoms with E-state index >= 15 is 0 Å². The SMILES string of the molecule is CC(C)N1CCC(NC2CCCc3sccc32)C1. The summed E-state index contributed by atoms with van der Waals surface area (Å²) in [5, 5.41) is 6.17. The molecular formula is C15H24N2S. The van der Waals surface area contributed by atoms with Crippen molar-refractivity contribution in [2.24, 2.45) is 0 Å². The molecule has 3 heteroatoms. The summed E-state index contributed by atoms with van der Waals surface area (Å²) in [4.78, 5) is 4.21. The van der Waals surface area contributed by atoms with Gasteiger partial charge in [0.25, 0.3) is 0 Å². The van der Waals surface area contributed by atoms with Crippen molar-refractivity contribution < 1.29 is 0 Å². The number of rotatable bonds is 3.